The van der Waals surface area contributed by atoms with Crippen molar-refractivity contribution in [2.75, 3.05) is 56.8 Å². The second kappa shape index (κ2) is 21.6. The molecule has 4 atom stereocenters. The van der Waals surface area contributed by atoms with Crippen LogP contribution in [0.5, 0.6) is 34.5 Å². The third-order valence-corrected chi connectivity index (χ3v) is 15.8. The van der Waals surface area contributed by atoms with E-state index < -0.39 is 17.4 Å². The number of unbranched alkanes of at least 4 members (excludes halogenated alkanes) is 5. The number of carbonyl (C=O) groups is 2. The Morgan fingerprint density at radius 2 is 0.885 bits per heavy atom. The third-order valence-electron chi connectivity index (χ3n) is 15.8. The average Bonchev–Trinajstić information content (AvgIpc) is 3.44. The zero-order chi connectivity index (χ0) is 42.5. The number of aliphatic carboxylic acids is 2. The molecule has 0 aliphatic carbocycles. The van der Waals surface area contributed by atoms with Crippen molar-refractivity contribution in [2.24, 2.45) is 17.3 Å². The summed E-state index contributed by atoms with van der Waals surface area (Å²) in [6.45, 7) is 1.65. The van der Waals surface area contributed by atoms with Crippen LogP contribution in [0, 0.1) is 17.3 Å². The highest BCUT2D eigenvalue weighted by atomic mass is 79.9. The summed E-state index contributed by atoms with van der Waals surface area (Å²) in [4.78, 5) is 25.4. The van der Waals surface area contributed by atoms with E-state index in [1.165, 1.54) is 0 Å². The Bertz CT molecular complexity index is 1610. The van der Waals surface area contributed by atoms with Crippen LogP contribution in [0.3, 0.4) is 0 Å². The van der Waals surface area contributed by atoms with E-state index in [0.29, 0.717) is 71.5 Å². The summed E-state index contributed by atoms with van der Waals surface area (Å²) in [6.07, 6.45) is 14.5. The zero-order valence-electron chi connectivity index (χ0n) is 37.8. The molecule has 0 aromatic heterocycles. The van der Waals surface area contributed by atoms with Crippen molar-refractivity contribution in [3.8, 4) is 34.5 Å². The number of hydrogen-bond donors (Lipinski definition) is 2. The largest absolute Gasteiger partial charge is 1.00 e. The van der Waals surface area contributed by atoms with Crippen molar-refractivity contribution in [3.63, 3.8) is 0 Å². The number of carboxylic acids is 2. The van der Waals surface area contributed by atoms with Gasteiger partial charge in [-0.05, 0) is 48.9 Å². The first-order valence-corrected chi connectivity index (χ1v) is 22.0. The number of methoxy groups -OCH3 is 6. The van der Waals surface area contributed by atoms with Gasteiger partial charge in [0.2, 0.25) is 11.5 Å². The van der Waals surface area contributed by atoms with Crippen molar-refractivity contribution >= 4 is 11.9 Å². The standard InChI is InChI=1S/C47H70N2O10.2BrH/c1-48(29-31-21-39(54-3)44(58-7)40(22-31)55-4)35-16-17-36(48)26-33(25-35)47(46(52)53,20-14-12-10-9-11-13-15-43(50)51)34-27-37-18-19-38(28-34)49(37,2)30-32-23-41(56-5)45(59-8)42(24-32)57-6;;/h21-24,33-38H,9-20,25-30H2,1-8H3;2*1H. The molecule has 2 N–H and O–H groups in total. The summed E-state index contributed by atoms with van der Waals surface area (Å²) in [6, 6.07) is 9.77. The third kappa shape index (κ3) is 10.1. The Hall–Kier alpha value is -2.94. The van der Waals surface area contributed by atoms with E-state index in [4.69, 9.17) is 33.5 Å². The lowest BCUT2D eigenvalue weighted by atomic mass is 9.56. The minimum atomic E-state index is -0.791. The number of nitrogens with zero attached hydrogens (tertiary/aromatic N) is 2. The van der Waals surface area contributed by atoms with Crippen LogP contribution in [0.4, 0.5) is 0 Å². The molecule has 0 saturated carbocycles. The monoisotopic (exact) mass is 982 g/mol. The van der Waals surface area contributed by atoms with Crippen molar-refractivity contribution in [1.82, 2.24) is 0 Å². The van der Waals surface area contributed by atoms with Crippen LogP contribution in [-0.4, -0.2) is 112 Å². The van der Waals surface area contributed by atoms with E-state index in [2.05, 4.69) is 38.4 Å². The van der Waals surface area contributed by atoms with Crippen LogP contribution in [0.15, 0.2) is 24.3 Å². The molecule has 12 nitrogen and oxygen atoms in total. The molecular weight excluding hydrogens is 912 g/mol. The number of benzene rings is 2. The van der Waals surface area contributed by atoms with E-state index in [1.807, 2.05) is 0 Å². The summed E-state index contributed by atoms with van der Waals surface area (Å²) < 4.78 is 36.0. The van der Waals surface area contributed by atoms with Crippen molar-refractivity contribution in [2.45, 2.75) is 140 Å². The minimum absolute atomic E-state index is 0. The molecule has 61 heavy (non-hydrogen) atoms. The number of piperidine rings is 2. The number of carboxylic acid groups (broad SMARTS) is 2. The molecule has 4 fully saturated rings. The van der Waals surface area contributed by atoms with Gasteiger partial charge in [-0.3, -0.25) is 9.59 Å². The van der Waals surface area contributed by atoms with Crippen molar-refractivity contribution in [3.05, 3.63) is 35.4 Å². The summed E-state index contributed by atoms with van der Waals surface area (Å²) in [5.41, 5.74) is 1.48. The van der Waals surface area contributed by atoms with E-state index in [0.717, 1.165) is 117 Å². The molecule has 4 aliphatic heterocycles. The lowest BCUT2D eigenvalue weighted by molar-refractivity contribution is -0.963. The van der Waals surface area contributed by atoms with Gasteiger partial charge in [0.25, 0.3) is 0 Å². The number of ether oxygens (including phenoxy) is 6. The molecule has 4 bridgehead atoms. The van der Waals surface area contributed by atoms with Crippen LogP contribution in [0.25, 0.3) is 0 Å². The maximum Gasteiger partial charge on any atom is 0.310 e. The van der Waals surface area contributed by atoms with Gasteiger partial charge in [-0.2, -0.15) is 0 Å². The highest BCUT2D eigenvalue weighted by Crippen LogP contribution is 2.59. The van der Waals surface area contributed by atoms with Gasteiger partial charge < -0.3 is 81.6 Å². The summed E-state index contributed by atoms with van der Waals surface area (Å²) in [7, 11) is 14.7. The van der Waals surface area contributed by atoms with Gasteiger partial charge in [0.1, 0.15) is 13.1 Å². The van der Waals surface area contributed by atoms with Gasteiger partial charge in [-0.1, -0.05) is 32.1 Å². The van der Waals surface area contributed by atoms with Gasteiger partial charge in [-0.15, -0.1) is 0 Å². The maximum atomic E-state index is 14.3. The average molecular weight is 985 g/mol. The lowest BCUT2D eigenvalue weighted by Crippen LogP contribution is -3.00. The Morgan fingerprint density at radius 1 is 0.557 bits per heavy atom. The van der Waals surface area contributed by atoms with E-state index >= 15 is 0 Å². The van der Waals surface area contributed by atoms with E-state index in [-0.39, 0.29) is 52.2 Å². The Morgan fingerprint density at radius 3 is 1.18 bits per heavy atom. The number of hydrogen-bond acceptors (Lipinski definition) is 8. The molecule has 4 unspecified atom stereocenters. The van der Waals surface area contributed by atoms with Crippen molar-refractivity contribution < 1.29 is 91.2 Å². The highest BCUT2D eigenvalue weighted by Gasteiger charge is 2.63. The number of quaternary nitrogens is 2. The number of rotatable bonds is 22. The highest BCUT2D eigenvalue weighted by molar-refractivity contribution is 5.75. The first-order valence-electron chi connectivity index (χ1n) is 22.0. The Kier molecular flexibility index (Phi) is 18.0. The van der Waals surface area contributed by atoms with Gasteiger partial charge >= 0.3 is 11.9 Å². The first kappa shape index (κ1) is 50.7. The summed E-state index contributed by atoms with van der Waals surface area (Å²) >= 11 is 0. The molecule has 0 spiro atoms. The fourth-order valence-electron chi connectivity index (χ4n) is 12.7. The second-order valence-corrected chi connectivity index (χ2v) is 18.5. The molecule has 4 saturated heterocycles. The van der Waals surface area contributed by atoms with Crippen LogP contribution >= 0.6 is 0 Å². The quantitative estimate of drug-likeness (QED) is 0.134. The molecule has 6 rings (SSSR count). The lowest BCUT2D eigenvalue weighted by Gasteiger charge is -2.55. The molecular formula is C47H72Br2N2O10. The van der Waals surface area contributed by atoms with Crippen LogP contribution < -0.4 is 62.4 Å². The molecule has 2 aromatic carbocycles. The fraction of sp³-hybridized carbons (Fsp3) is 0.702. The van der Waals surface area contributed by atoms with Gasteiger partial charge in [0.15, 0.2) is 23.0 Å². The Balaban J connectivity index is 0.00000410. The molecule has 344 valence electrons. The molecule has 4 aliphatic rings. The van der Waals surface area contributed by atoms with Gasteiger partial charge in [0, 0.05) is 68.9 Å². The Labute approximate surface area is 385 Å². The van der Waals surface area contributed by atoms with Crippen LogP contribution in [-0.2, 0) is 22.7 Å². The van der Waals surface area contributed by atoms with Crippen LogP contribution in [0.2, 0.25) is 0 Å². The fourth-order valence-corrected chi connectivity index (χ4v) is 12.7. The molecule has 4 heterocycles. The van der Waals surface area contributed by atoms with Crippen molar-refractivity contribution in [1.29, 1.82) is 0 Å². The molecule has 0 amide bonds. The molecule has 2 aromatic rings. The zero-order valence-corrected chi connectivity index (χ0v) is 41.0. The van der Waals surface area contributed by atoms with Gasteiger partial charge in [0.05, 0.1) is 86.3 Å². The summed E-state index contributed by atoms with van der Waals surface area (Å²) in [5.74, 6) is 2.70. The summed E-state index contributed by atoms with van der Waals surface area (Å²) in [5, 5.41) is 20.8. The predicted molar refractivity (Wildman–Crippen MR) is 226 cm³/mol. The first-order chi connectivity index (χ1) is 28.3. The predicted octanol–water partition coefficient (Wildman–Crippen LogP) is 2.50. The second-order valence-electron chi connectivity index (χ2n) is 18.5. The van der Waals surface area contributed by atoms with Crippen LogP contribution in [0.1, 0.15) is 114 Å². The minimum Gasteiger partial charge on any atom is -1.00 e. The van der Waals surface area contributed by atoms with Gasteiger partial charge in [-0.25, -0.2) is 0 Å². The maximum absolute atomic E-state index is 14.3. The van der Waals surface area contributed by atoms with E-state index in [1.54, 1.807) is 42.7 Å². The molecule has 14 heteroatoms. The van der Waals surface area contributed by atoms with E-state index in [9.17, 15) is 14.7 Å². The normalized spacial score (nSPS) is 28.4. The molecule has 0 radical (unpaired) electrons. The number of fused-ring (bicyclic) bond motifs is 4. The number of halogens is 2. The topological polar surface area (TPSA) is 130 Å². The smallest absolute Gasteiger partial charge is 0.310 e. The SMILES string of the molecule is COc1cc(C[N+]2(C)C3CCC2CC(C(CCCCCCCCC(=O)O)(C(=O)O)C2CC4CCC(C2)[N+]4(C)Cc2cc(OC)c(OC)c(OC)c2)C3)cc(OC)c1OC.[Br-].[Br-].